The molecule has 7 nitrogen and oxygen atoms in total. The van der Waals surface area contributed by atoms with Crippen LogP contribution in [0.4, 0.5) is 11.4 Å². The molecule has 0 fully saturated rings. The second-order valence-corrected chi connectivity index (χ2v) is 3.92. The van der Waals surface area contributed by atoms with E-state index in [9.17, 15) is 14.9 Å². The van der Waals surface area contributed by atoms with Crippen molar-refractivity contribution in [1.29, 1.82) is 0 Å². The number of nitro groups is 1. The van der Waals surface area contributed by atoms with Gasteiger partial charge in [0.1, 0.15) is 5.75 Å². The molecular weight excluding hydrogens is 240 g/mol. The molecule has 0 bridgehead atoms. The average Bonchev–Trinajstić information content (AvgIpc) is 2.37. The minimum Gasteiger partial charge on any atom is -0.475 e. The highest BCUT2D eigenvalue weighted by Crippen LogP contribution is 2.35. The Kier molecular flexibility index (Phi) is 3.05. The number of nitrogens with zero attached hydrogens (tertiary/aromatic N) is 2. The van der Waals surface area contributed by atoms with E-state index < -0.39 is 17.0 Å². The van der Waals surface area contributed by atoms with Crippen molar-refractivity contribution in [3.63, 3.8) is 0 Å². The van der Waals surface area contributed by atoms with Gasteiger partial charge in [0.2, 0.25) is 6.10 Å². The van der Waals surface area contributed by atoms with Gasteiger partial charge in [0.15, 0.2) is 0 Å². The number of carbonyl (C=O) groups excluding carboxylic acids is 1. The normalized spacial score (nSPS) is 17.7. The topological polar surface area (TPSA) is 81.9 Å². The third kappa shape index (κ3) is 2.06. The van der Waals surface area contributed by atoms with E-state index in [-0.39, 0.29) is 5.69 Å². The second-order valence-electron chi connectivity index (χ2n) is 3.92. The summed E-state index contributed by atoms with van der Waals surface area (Å²) >= 11 is 0. The van der Waals surface area contributed by atoms with Crippen molar-refractivity contribution in [2.75, 3.05) is 25.6 Å². The molecular formula is C11H12N2O5. The molecule has 1 heterocycles. The van der Waals surface area contributed by atoms with Crippen molar-refractivity contribution in [2.24, 2.45) is 0 Å². The maximum Gasteiger partial charge on any atom is 0.348 e. The smallest absolute Gasteiger partial charge is 0.348 e. The fraction of sp³-hybridized carbons (Fsp3) is 0.364. The van der Waals surface area contributed by atoms with Gasteiger partial charge in [0.05, 0.1) is 24.3 Å². The van der Waals surface area contributed by atoms with Crippen LogP contribution in [-0.4, -0.2) is 37.7 Å². The van der Waals surface area contributed by atoms with Gasteiger partial charge >= 0.3 is 5.97 Å². The van der Waals surface area contributed by atoms with Gasteiger partial charge in [-0.3, -0.25) is 10.1 Å². The van der Waals surface area contributed by atoms with Crippen LogP contribution in [0.15, 0.2) is 18.2 Å². The van der Waals surface area contributed by atoms with Crippen molar-refractivity contribution in [3.05, 3.63) is 28.3 Å². The molecule has 1 aliphatic rings. The number of benzene rings is 1. The van der Waals surface area contributed by atoms with Gasteiger partial charge in [-0.2, -0.15) is 0 Å². The lowest BCUT2D eigenvalue weighted by Gasteiger charge is -2.31. The van der Waals surface area contributed by atoms with Gasteiger partial charge in [0, 0.05) is 19.2 Å². The van der Waals surface area contributed by atoms with E-state index in [1.165, 1.54) is 25.3 Å². The highest BCUT2D eigenvalue weighted by Gasteiger charge is 2.30. The molecule has 1 unspecified atom stereocenters. The number of hydrogen-bond donors (Lipinski definition) is 0. The van der Waals surface area contributed by atoms with Crippen LogP contribution in [0.25, 0.3) is 0 Å². The molecule has 1 atom stereocenters. The summed E-state index contributed by atoms with van der Waals surface area (Å²) in [6.45, 7) is 0.293. The van der Waals surface area contributed by atoms with Crippen LogP contribution < -0.4 is 9.64 Å². The summed E-state index contributed by atoms with van der Waals surface area (Å²) in [5.74, 6) is -0.0318. The molecule has 0 saturated heterocycles. The number of ether oxygens (including phenoxy) is 2. The van der Waals surface area contributed by atoms with E-state index in [0.29, 0.717) is 18.0 Å². The number of carbonyl (C=O) groups is 1. The molecule has 18 heavy (non-hydrogen) atoms. The van der Waals surface area contributed by atoms with Crippen molar-refractivity contribution in [3.8, 4) is 5.75 Å². The van der Waals surface area contributed by atoms with Crippen LogP contribution in [0, 0.1) is 10.1 Å². The van der Waals surface area contributed by atoms with Gasteiger partial charge in [-0.05, 0) is 6.07 Å². The van der Waals surface area contributed by atoms with Crippen molar-refractivity contribution in [1.82, 2.24) is 0 Å². The van der Waals surface area contributed by atoms with Crippen LogP contribution in [0.3, 0.4) is 0 Å². The Morgan fingerprint density at radius 2 is 2.33 bits per heavy atom. The zero-order valence-corrected chi connectivity index (χ0v) is 9.95. The maximum atomic E-state index is 11.4. The first kappa shape index (κ1) is 12.2. The quantitative estimate of drug-likeness (QED) is 0.443. The highest BCUT2D eigenvalue weighted by atomic mass is 16.6. The lowest BCUT2D eigenvalue weighted by Crippen LogP contribution is -2.43. The molecule has 0 spiro atoms. The Hall–Kier alpha value is -2.31. The van der Waals surface area contributed by atoms with Crippen LogP contribution >= 0.6 is 0 Å². The number of likely N-dealkylation sites (N-methyl/N-ethyl adjacent to an activating group) is 1. The lowest BCUT2D eigenvalue weighted by molar-refractivity contribution is -0.384. The van der Waals surface area contributed by atoms with Crippen molar-refractivity contribution >= 4 is 17.3 Å². The lowest BCUT2D eigenvalue weighted by atomic mass is 10.2. The molecule has 0 radical (unpaired) electrons. The first-order valence-corrected chi connectivity index (χ1v) is 5.27. The summed E-state index contributed by atoms with van der Waals surface area (Å²) in [5, 5.41) is 10.7. The number of rotatable bonds is 2. The van der Waals surface area contributed by atoms with E-state index in [1.807, 2.05) is 0 Å². The third-order valence-corrected chi connectivity index (χ3v) is 2.74. The molecule has 0 aromatic heterocycles. The van der Waals surface area contributed by atoms with Gasteiger partial charge in [0.25, 0.3) is 5.69 Å². The first-order chi connectivity index (χ1) is 8.52. The summed E-state index contributed by atoms with van der Waals surface area (Å²) in [4.78, 5) is 23.4. The van der Waals surface area contributed by atoms with Gasteiger partial charge < -0.3 is 14.4 Å². The average molecular weight is 252 g/mol. The number of methoxy groups -OCH3 is 1. The minimum atomic E-state index is -0.714. The molecule has 1 aliphatic heterocycles. The van der Waals surface area contributed by atoms with E-state index in [0.717, 1.165) is 0 Å². The summed E-state index contributed by atoms with van der Waals surface area (Å²) in [6.07, 6.45) is -0.714. The summed E-state index contributed by atoms with van der Waals surface area (Å²) in [6, 6.07) is 4.24. The number of esters is 1. The molecule has 1 aromatic carbocycles. The molecule has 0 aliphatic carbocycles. The fourth-order valence-corrected chi connectivity index (χ4v) is 1.81. The van der Waals surface area contributed by atoms with Crippen molar-refractivity contribution < 1.29 is 19.2 Å². The maximum absolute atomic E-state index is 11.4. The van der Waals surface area contributed by atoms with Crippen LogP contribution in [0.1, 0.15) is 0 Å². The summed E-state index contributed by atoms with van der Waals surface area (Å²) in [5.41, 5.74) is 0.574. The number of nitro benzene ring substituents is 1. The largest absolute Gasteiger partial charge is 0.475 e. The van der Waals surface area contributed by atoms with Crippen LogP contribution in [0.2, 0.25) is 0 Å². The van der Waals surface area contributed by atoms with Gasteiger partial charge in [-0.25, -0.2) is 4.79 Å². The predicted molar refractivity (Wildman–Crippen MR) is 62.8 cm³/mol. The molecule has 1 aromatic rings. The van der Waals surface area contributed by atoms with Gasteiger partial charge in [-0.15, -0.1) is 0 Å². The van der Waals surface area contributed by atoms with E-state index >= 15 is 0 Å². The van der Waals surface area contributed by atoms with Crippen molar-refractivity contribution in [2.45, 2.75) is 6.10 Å². The zero-order valence-electron chi connectivity index (χ0n) is 9.95. The molecule has 7 heteroatoms. The monoisotopic (exact) mass is 252 g/mol. The molecule has 0 saturated carbocycles. The fourth-order valence-electron chi connectivity index (χ4n) is 1.81. The Balaban J connectivity index is 2.33. The Morgan fingerprint density at radius 3 is 2.94 bits per heavy atom. The van der Waals surface area contributed by atoms with E-state index in [1.54, 1.807) is 11.9 Å². The molecule has 0 amide bonds. The number of anilines is 1. The molecule has 2 rings (SSSR count). The summed E-state index contributed by atoms with van der Waals surface area (Å²) < 4.78 is 10.1. The number of fused-ring (bicyclic) bond motifs is 1. The standard InChI is InChI=1S/C11H12N2O5/c1-12-6-10(11(14)17-2)18-9-4-3-7(13(15)16)5-8(9)12/h3-5,10H,6H2,1-2H3. The molecule has 0 N–H and O–H groups in total. The summed E-state index contributed by atoms with van der Waals surface area (Å²) in [7, 11) is 3.03. The Morgan fingerprint density at radius 1 is 1.61 bits per heavy atom. The van der Waals surface area contributed by atoms with Gasteiger partial charge in [-0.1, -0.05) is 0 Å². The Bertz CT molecular complexity index is 502. The highest BCUT2D eigenvalue weighted by molar-refractivity contribution is 5.78. The first-order valence-electron chi connectivity index (χ1n) is 5.27. The minimum absolute atomic E-state index is 0.0132. The van der Waals surface area contributed by atoms with Crippen LogP contribution in [-0.2, 0) is 9.53 Å². The zero-order chi connectivity index (χ0) is 13.3. The third-order valence-electron chi connectivity index (χ3n) is 2.74. The number of non-ortho nitro benzene ring substituents is 1. The second kappa shape index (κ2) is 4.52. The van der Waals surface area contributed by atoms with E-state index in [2.05, 4.69) is 4.74 Å². The Labute approximate surface area is 103 Å². The van der Waals surface area contributed by atoms with Crippen LogP contribution in [0.5, 0.6) is 5.75 Å². The van der Waals surface area contributed by atoms with E-state index in [4.69, 9.17) is 4.74 Å². The predicted octanol–water partition coefficient (Wildman–Crippen LogP) is 0.965. The SMILES string of the molecule is COC(=O)C1CN(C)c2cc([N+](=O)[O-])ccc2O1. The number of hydrogen-bond acceptors (Lipinski definition) is 6. The molecule has 96 valence electrons.